The van der Waals surface area contributed by atoms with Gasteiger partial charge in [0.15, 0.2) is 0 Å². The van der Waals surface area contributed by atoms with Gasteiger partial charge in [-0.1, -0.05) is 13.8 Å². The van der Waals surface area contributed by atoms with Gasteiger partial charge >= 0.3 is 0 Å². The van der Waals surface area contributed by atoms with Crippen LogP contribution in [-0.2, 0) is 0 Å². The van der Waals surface area contributed by atoms with Gasteiger partial charge in [0, 0.05) is 18.3 Å². The number of nitrogens with zero attached hydrogens (tertiary/aromatic N) is 3. The Kier molecular flexibility index (Phi) is 3.03. The van der Waals surface area contributed by atoms with Crippen molar-refractivity contribution in [3.05, 3.63) is 17.1 Å². The highest BCUT2D eigenvalue weighted by Crippen LogP contribution is 2.24. The minimum absolute atomic E-state index is 0.219. The van der Waals surface area contributed by atoms with Crippen LogP contribution in [0.1, 0.15) is 36.8 Å². The Bertz CT molecular complexity index is 376. The molecule has 0 spiro atoms. The van der Waals surface area contributed by atoms with E-state index in [1.54, 1.807) is 7.05 Å². The van der Waals surface area contributed by atoms with Gasteiger partial charge in [-0.05, 0) is 12.8 Å². The molecule has 4 heteroatoms. The third-order valence-corrected chi connectivity index (χ3v) is 2.05. The Morgan fingerprint density at radius 3 is 2.43 bits per heavy atom. The number of hydrogen-bond acceptors (Lipinski definition) is 4. The van der Waals surface area contributed by atoms with Crippen LogP contribution in [0.15, 0.2) is 0 Å². The Balaban J connectivity index is 3.36. The number of hydrogen-bond donors (Lipinski definition) is 1. The minimum atomic E-state index is 0.219. The van der Waals surface area contributed by atoms with Gasteiger partial charge in [0.25, 0.3) is 0 Å². The number of nitrogens with one attached hydrogen (secondary N) is 1. The lowest BCUT2D eigenvalue weighted by Gasteiger charge is -2.13. The maximum atomic E-state index is 8.71. The third-order valence-electron chi connectivity index (χ3n) is 2.05. The second-order valence-electron chi connectivity index (χ2n) is 3.41. The molecule has 0 saturated carbocycles. The Morgan fingerprint density at radius 1 is 1.36 bits per heavy atom. The van der Waals surface area contributed by atoms with E-state index >= 15 is 0 Å². The highest BCUT2D eigenvalue weighted by Gasteiger charge is 2.13. The summed E-state index contributed by atoms with van der Waals surface area (Å²) >= 11 is 0. The molecule has 0 aromatic carbocycles. The van der Waals surface area contributed by atoms with E-state index < -0.39 is 0 Å². The van der Waals surface area contributed by atoms with Crippen molar-refractivity contribution in [3.63, 3.8) is 0 Å². The van der Waals surface area contributed by atoms with E-state index in [0.29, 0.717) is 5.92 Å². The Hall–Kier alpha value is -1.63. The molecule has 1 aromatic heterocycles. The van der Waals surface area contributed by atoms with Crippen LogP contribution in [0.4, 0.5) is 5.82 Å². The summed E-state index contributed by atoms with van der Waals surface area (Å²) in [5, 5.41) is 11.7. The van der Waals surface area contributed by atoms with Crippen LogP contribution in [0.2, 0.25) is 0 Å². The van der Waals surface area contributed by atoms with Gasteiger partial charge in [-0.15, -0.1) is 0 Å². The zero-order valence-corrected chi connectivity index (χ0v) is 8.92. The zero-order chi connectivity index (χ0) is 10.7. The molecule has 0 fully saturated rings. The molecular weight excluding hydrogens is 176 g/mol. The van der Waals surface area contributed by atoms with Crippen LogP contribution in [0, 0.1) is 18.3 Å². The van der Waals surface area contributed by atoms with E-state index in [1.807, 2.05) is 13.0 Å². The molecule has 1 N–H and O–H groups in total. The average Bonchev–Trinajstić information content (AvgIpc) is 2.15. The van der Waals surface area contributed by atoms with Crippen LogP contribution >= 0.6 is 0 Å². The second kappa shape index (κ2) is 4.05. The van der Waals surface area contributed by atoms with Crippen LogP contribution in [-0.4, -0.2) is 17.0 Å². The third kappa shape index (κ3) is 1.82. The lowest BCUT2D eigenvalue weighted by molar-refractivity contribution is 0.828. The zero-order valence-electron chi connectivity index (χ0n) is 8.92. The predicted octanol–water partition coefficient (Wildman–Crippen LogP) is 1.82. The predicted molar refractivity (Wildman–Crippen MR) is 55.1 cm³/mol. The van der Waals surface area contributed by atoms with E-state index in [4.69, 9.17) is 5.26 Å². The first kappa shape index (κ1) is 10.5. The quantitative estimate of drug-likeness (QED) is 0.772. The minimum Gasteiger partial charge on any atom is -0.373 e. The molecule has 14 heavy (non-hydrogen) atoms. The fourth-order valence-corrected chi connectivity index (χ4v) is 1.51. The van der Waals surface area contributed by atoms with E-state index in [0.717, 1.165) is 17.1 Å². The van der Waals surface area contributed by atoms with Crippen molar-refractivity contribution in [3.8, 4) is 6.07 Å². The second-order valence-corrected chi connectivity index (χ2v) is 3.41. The monoisotopic (exact) mass is 190 g/mol. The van der Waals surface area contributed by atoms with Crippen molar-refractivity contribution in [2.75, 3.05) is 12.4 Å². The molecule has 1 aromatic rings. The van der Waals surface area contributed by atoms with Gasteiger partial charge in [-0.3, -0.25) is 0 Å². The standard InChI is InChI=1S/C10H14N4/c1-6(2)9-7(3)13-8(5-11)14-10(9)12-4/h6H,1-4H3,(H,12,13,14). The highest BCUT2D eigenvalue weighted by atomic mass is 15.0. The van der Waals surface area contributed by atoms with Crippen LogP contribution in [0.3, 0.4) is 0 Å². The molecule has 0 aliphatic rings. The smallest absolute Gasteiger partial charge is 0.234 e. The summed E-state index contributed by atoms with van der Waals surface area (Å²) in [6.45, 7) is 6.07. The molecule has 0 unspecified atom stereocenters. The van der Waals surface area contributed by atoms with Crippen molar-refractivity contribution in [2.45, 2.75) is 26.7 Å². The number of anilines is 1. The molecule has 0 saturated heterocycles. The van der Waals surface area contributed by atoms with Gasteiger partial charge < -0.3 is 5.32 Å². The molecule has 4 nitrogen and oxygen atoms in total. The SMILES string of the molecule is CNc1nc(C#N)nc(C)c1C(C)C. The molecule has 74 valence electrons. The first-order chi connectivity index (χ1) is 6.60. The van der Waals surface area contributed by atoms with Crippen molar-refractivity contribution >= 4 is 5.82 Å². The molecule has 0 bridgehead atoms. The van der Waals surface area contributed by atoms with E-state index in [-0.39, 0.29) is 5.82 Å². The normalized spacial score (nSPS) is 10.0. The van der Waals surface area contributed by atoms with Crippen molar-refractivity contribution in [2.24, 2.45) is 0 Å². The summed E-state index contributed by atoms with van der Waals surface area (Å²) in [4.78, 5) is 8.22. The van der Waals surface area contributed by atoms with Crippen LogP contribution in [0.5, 0.6) is 0 Å². The molecule has 0 radical (unpaired) electrons. The van der Waals surface area contributed by atoms with E-state index in [9.17, 15) is 0 Å². The van der Waals surface area contributed by atoms with Crippen molar-refractivity contribution in [1.82, 2.24) is 9.97 Å². The molecule has 0 amide bonds. The van der Waals surface area contributed by atoms with E-state index in [2.05, 4.69) is 29.1 Å². The van der Waals surface area contributed by atoms with Crippen molar-refractivity contribution in [1.29, 1.82) is 5.26 Å². The first-order valence-corrected chi connectivity index (χ1v) is 4.56. The van der Waals surface area contributed by atoms with Crippen LogP contribution in [0.25, 0.3) is 0 Å². The lowest BCUT2D eigenvalue weighted by atomic mass is 10.0. The summed E-state index contributed by atoms with van der Waals surface area (Å²) in [5.41, 5.74) is 1.95. The molecule has 0 aliphatic heterocycles. The fourth-order valence-electron chi connectivity index (χ4n) is 1.51. The fraction of sp³-hybridized carbons (Fsp3) is 0.500. The van der Waals surface area contributed by atoms with Gasteiger partial charge in [0.1, 0.15) is 11.9 Å². The molecule has 1 rings (SSSR count). The maximum Gasteiger partial charge on any atom is 0.234 e. The summed E-state index contributed by atoms with van der Waals surface area (Å²) < 4.78 is 0. The number of rotatable bonds is 2. The highest BCUT2D eigenvalue weighted by molar-refractivity contribution is 5.48. The summed E-state index contributed by atoms with van der Waals surface area (Å²) in [5.74, 6) is 1.32. The lowest BCUT2D eigenvalue weighted by Crippen LogP contribution is -2.07. The van der Waals surface area contributed by atoms with Gasteiger partial charge in [-0.25, -0.2) is 9.97 Å². The number of aromatic nitrogens is 2. The van der Waals surface area contributed by atoms with Gasteiger partial charge in [-0.2, -0.15) is 5.26 Å². The average molecular weight is 190 g/mol. The number of nitriles is 1. The Labute approximate surface area is 84.0 Å². The summed E-state index contributed by atoms with van der Waals surface area (Å²) in [7, 11) is 1.80. The molecule has 0 aliphatic carbocycles. The van der Waals surface area contributed by atoms with Gasteiger partial charge in [0.05, 0.1) is 0 Å². The van der Waals surface area contributed by atoms with Gasteiger partial charge in [0.2, 0.25) is 5.82 Å². The first-order valence-electron chi connectivity index (χ1n) is 4.56. The van der Waals surface area contributed by atoms with Crippen molar-refractivity contribution < 1.29 is 0 Å². The summed E-state index contributed by atoms with van der Waals surface area (Å²) in [6.07, 6.45) is 0. The molecule has 0 atom stereocenters. The largest absolute Gasteiger partial charge is 0.373 e. The summed E-state index contributed by atoms with van der Waals surface area (Å²) in [6, 6.07) is 1.95. The number of aryl methyl sites for hydroxylation is 1. The Morgan fingerprint density at radius 2 is 2.00 bits per heavy atom. The maximum absolute atomic E-state index is 8.71. The molecule has 1 heterocycles. The molecular formula is C10H14N4. The van der Waals surface area contributed by atoms with Crippen LogP contribution < -0.4 is 5.32 Å². The topological polar surface area (TPSA) is 61.6 Å². The van der Waals surface area contributed by atoms with E-state index in [1.165, 1.54) is 0 Å².